The van der Waals surface area contributed by atoms with Crippen molar-refractivity contribution in [1.82, 2.24) is 10.2 Å². The highest BCUT2D eigenvalue weighted by molar-refractivity contribution is 4.99. The average Bonchev–Trinajstić information content (AvgIpc) is 2.84. The zero-order chi connectivity index (χ0) is 12.0. The van der Waals surface area contributed by atoms with E-state index < -0.39 is 0 Å². The smallest absolute Gasteiger partial charge is 0.0633 e. The Bertz CT molecular complexity index is 186. The Labute approximate surface area is 101 Å². The molecule has 1 unspecified atom stereocenters. The van der Waals surface area contributed by atoms with Crippen LogP contribution in [0.2, 0.25) is 0 Å². The van der Waals surface area contributed by atoms with Crippen molar-refractivity contribution in [3.63, 3.8) is 0 Å². The molecule has 0 radical (unpaired) electrons. The van der Waals surface area contributed by atoms with Crippen molar-refractivity contribution in [3.05, 3.63) is 0 Å². The van der Waals surface area contributed by atoms with Gasteiger partial charge >= 0.3 is 0 Å². The molecule has 0 spiro atoms. The second-order valence-electron chi connectivity index (χ2n) is 4.80. The maximum Gasteiger partial charge on any atom is 0.0633 e. The van der Waals surface area contributed by atoms with Crippen LogP contribution in [0.1, 0.15) is 39.5 Å². The van der Waals surface area contributed by atoms with Crippen LogP contribution in [0.5, 0.6) is 0 Å². The summed E-state index contributed by atoms with van der Waals surface area (Å²) in [6, 6.07) is 0.436. The summed E-state index contributed by atoms with van der Waals surface area (Å²) in [6.45, 7) is 7.92. The molecular formula is C13H28N2O. The molecule has 0 aromatic carbocycles. The summed E-state index contributed by atoms with van der Waals surface area (Å²) < 4.78 is 5.37. The van der Waals surface area contributed by atoms with E-state index in [1.54, 1.807) is 7.11 Å². The Balaban J connectivity index is 2.82. The number of likely N-dealkylation sites (N-methyl/N-ethyl adjacent to an activating group) is 1. The molecule has 0 amide bonds. The van der Waals surface area contributed by atoms with Gasteiger partial charge in [0.2, 0.25) is 0 Å². The first-order valence-corrected chi connectivity index (χ1v) is 6.66. The standard InChI is InChI=1S/C13H28N2O/c1-5-13(6-2,12(14-3)11-16-4)15-9-7-8-10-15/h12,14H,5-11H2,1-4H3. The normalized spacial score (nSPS) is 20.2. The molecule has 0 aromatic rings. The Kier molecular flexibility index (Phi) is 5.73. The summed E-state index contributed by atoms with van der Waals surface area (Å²) in [5, 5.41) is 3.46. The Morgan fingerprint density at radius 1 is 1.25 bits per heavy atom. The minimum atomic E-state index is 0.279. The predicted octanol–water partition coefficient (Wildman–Crippen LogP) is 1.88. The zero-order valence-corrected chi connectivity index (χ0v) is 11.4. The van der Waals surface area contributed by atoms with Crippen LogP contribution >= 0.6 is 0 Å². The zero-order valence-electron chi connectivity index (χ0n) is 11.4. The van der Waals surface area contributed by atoms with Crippen LogP contribution in [0, 0.1) is 0 Å². The van der Waals surface area contributed by atoms with Crippen molar-refractivity contribution in [2.75, 3.05) is 33.9 Å². The fourth-order valence-corrected chi connectivity index (χ4v) is 3.25. The van der Waals surface area contributed by atoms with Crippen LogP contribution < -0.4 is 5.32 Å². The summed E-state index contributed by atoms with van der Waals surface area (Å²) in [7, 11) is 3.85. The van der Waals surface area contributed by atoms with Crippen LogP contribution in [0.15, 0.2) is 0 Å². The van der Waals surface area contributed by atoms with Crippen molar-refractivity contribution >= 4 is 0 Å². The third-order valence-corrected chi connectivity index (χ3v) is 4.29. The monoisotopic (exact) mass is 228 g/mol. The minimum Gasteiger partial charge on any atom is -0.383 e. The number of nitrogens with zero attached hydrogens (tertiary/aromatic N) is 1. The van der Waals surface area contributed by atoms with Gasteiger partial charge < -0.3 is 10.1 Å². The average molecular weight is 228 g/mol. The van der Waals surface area contributed by atoms with Gasteiger partial charge in [-0.2, -0.15) is 0 Å². The second-order valence-corrected chi connectivity index (χ2v) is 4.80. The van der Waals surface area contributed by atoms with Gasteiger partial charge in [0.25, 0.3) is 0 Å². The van der Waals surface area contributed by atoms with Gasteiger partial charge in [0.05, 0.1) is 6.61 Å². The molecule has 3 nitrogen and oxygen atoms in total. The van der Waals surface area contributed by atoms with E-state index in [0.29, 0.717) is 6.04 Å². The molecule has 1 heterocycles. The Morgan fingerprint density at radius 2 is 1.81 bits per heavy atom. The first kappa shape index (κ1) is 13.9. The molecule has 96 valence electrons. The number of methoxy groups -OCH3 is 1. The highest BCUT2D eigenvalue weighted by Crippen LogP contribution is 2.31. The predicted molar refractivity (Wildman–Crippen MR) is 68.8 cm³/mol. The van der Waals surface area contributed by atoms with E-state index in [0.717, 1.165) is 6.61 Å². The van der Waals surface area contributed by atoms with Crippen molar-refractivity contribution in [3.8, 4) is 0 Å². The maximum atomic E-state index is 5.37. The molecule has 0 bridgehead atoms. The quantitative estimate of drug-likeness (QED) is 0.720. The molecule has 1 aliphatic heterocycles. The highest BCUT2D eigenvalue weighted by atomic mass is 16.5. The summed E-state index contributed by atoms with van der Waals surface area (Å²) in [5.41, 5.74) is 0.279. The lowest BCUT2D eigenvalue weighted by atomic mass is 9.83. The van der Waals surface area contributed by atoms with Crippen LogP contribution in [0.3, 0.4) is 0 Å². The third-order valence-electron chi connectivity index (χ3n) is 4.29. The number of hydrogen-bond donors (Lipinski definition) is 1. The summed E-state index contributed by atoms with van der Waals surface area (Å²) in [5.74, 6) is 0. The third kappa shape index (κ3) is 2.58. The molecule has 0 saturated carbocycles. The van der Waals surface area contributed by atoms with E-state index in [-0.39, 0.29) is 5.54 Å². The van der Waals surface area contributed by atoms with Gasteiger partial charge in [0.1, 0.15) is 0 Å². The molecule has 0 aliphatic carbocycles. The first-order chi connectivity index (χ1) is 7.75. The van der Waals surface area contributed by atoms with Crippen LogP contribution in [-0.2, 0) is 4.74 Å². The SMILES string of the molecule is CCC(CC)(C(COC)NC)N1CCCC1. The van der Waals surface area contributed by atoms with Gasteiger partial charge in [-0.1, -0.05) is 13.8 Å². The van der Waals surface area contributed by atoms with E-state index in [4.69, 9.17) is 4.74 Å². The largest absolute Gasteiger partial charge is 0.383 e. The lowest BCUT2D eigenvalue weighted by molar-refractivity contribution is 0.0273. The van der Waals surface area contributed by atoms with Crippen molar-refractivity contribution < 1.29 is 4.74 Å². The van der Waals surface area contributed by atoms with Gasteiger partial charge in [-0.05, 0) is 45.8 Å². The fourth-order valence-electron chi connectivity index (χ4n) is 3.25. The second kappa shape index (κ2) is 6.58. The molecule has 3 heteroatoms. The van der Waals surface area contributed by atoms with Crippen LogP contribution in [-0.4, -0.2) is 50.3 Å². The van der Waals surface area contributed by atoms with Gasteiger partial charge in [-0.3, -0.25) is 4.90 Å². The summed E-state index contributed by atoms with van der Waals surface area (Å²) in [6.07, 6.45) is 5.09. The van der Waals surface area contributed by atoms with Gasteiger partial charge in [-0.15, -0.1) is 0 Å². The molecule has 16 heavy (non-hydrogen) atoms. The molecule has 1 atom stereocenters. The molecule has 1 saturated heterocycles. The molecule has 1 fully saturated rings. The molecular weight excluding hydrogens is 200 g/mol. The lowest BCUT2D eigenvalue weighted by Gasteiger charge is -2.46. The lowest BCUT2D eigenvalue weighted by Crippen LogP contribution is -2.61. The van der Waals surface area contributed by atoms with E-state index in [9.17, 15) is 0 Å². The van der Waals surface area contributed by atoms with Crippen LogP contribution in [0.25, 0.3) is 0 Å². The number of rotatable bonds is 7. The van der Waals surface area contributed by atoms with Crippen molar-refractivity contribution in [2.24, 2.45) is 0 Å². The maximum absolute atomic E-state index is 5.37. The molecule has 1 N–H and O–H groups in total. The number of hydrogen-bond acceptors (Lipinski definition) is 3. The number of nitrogens with one attached hydrogen (secondary N) is 1. The highest BCUT2D eigenvalue weighted by Gasteiger charge is 2.41. The number of ether oxygens (including phenoxy) is 1. The van der Waals surface area contributed by atoms with Crippen molar-refractivity contribution in [1.29, 1.82) is 0 Å². The topological polar surface area (TPSA) is 24.5 Å². The van der Waals surface area contributed by atoms with Crippen molar-refractivity contribution in [2.45, 2.75) is 51.1 Å². The Morgan fingerprint density at radius 3 is 2.19 bits per heavy atom. The van der Waals surface area contributed by atoms with E-state index in [2.05, 4.69) is 31.1 Å². The van der Waals surface area contributed by atoms with E-state index >= 15 is 0 Å². The summed E-state index contributed by atoms with van der Waals surface area (Å²) in [4.78, 5) is 2.67. The minimum absolute atomic E-state index is 0.279. The first-order valence-electron chi connectivity index (χ1n) is 6.66. The van der Waals surface area contributed by atoms with Crippen LogP contribution in [0.4, 0.5) is 0 Å². The van der Waals surface area contributed by atoms with Gasteiger partial charge in [-0.25, -0.2) is 0 Å². The Hall–Kier alpha value is -0.120. The van der Waals surface area contributed by atoms with E-state index in [1.807, 2.05) is 0 Å². The van der Waals surface area contributed by atoms with E-state index in [1.165, 1.54) is 38.8 Å². The number of likely N-dealkylation sites (tertiary alicyclic amines) is 1. The van der Waals surface area contributed by atoms with Gasteiger partial charge in [0.15, 0.2) is 0 Å². The van der Waals surface area contributed by atoms with Gasteiger partial charge in [0, 0.05) is 18.7 Å². The fraction of sp³-hybridized carbons (Fsp3) is 1.00. The molecule has 1 aliphatic rings. The molecule has 0 aromatic heterocycles. The summed E-state index contributed by atoms with van der Waals surface area (Å²) >= 11 is 0. The molecule has 1 rings (SSSR count).